The van der Waals surface area contributed by atoms with Crippen LogP contribution >= 0.6 is 0 Å². The highest BCUT2D eigenvalue weighted by atomic mass is 16.5. The first-order valence-corrected chi connectivity index (χ1v) is 5.86. The molecule has 5 heteroatoms. The zero-order chi connectivity index (χ0) is 13.8. The molecular formula is C14H15N3O2. The van der Waals surface area contributed by atoms with E-state index in [1.54, 1.807) is 0 Å². The molecule has 0 amide bonds. The average molecular weight is 257 g/mol. The fraction of sp³-hybridized carbons (Fsp3) is 0.214. The number of aryl methyl sites for hydroxylation is 2. The third kappa shape index (κ3) is 2.88. The molecule has 0 fully saturated rings. The largest absolute Gasteiger partial charge is 0.464 e. The van der Waals surface area contributed by atoms with Crippen LogP contribution in [0.3, 0.4) is 0 Å². The van der Waals surface area contributed by atoms with Crippen molar-refractivity contribution in [2.75, 3.05) is 12.4 Å². The van der Waals surface area contributed by atoms with E-state index in [-0.39, 0.29) is 5.69 Å². The molecule has 0 aliphatic carbocycles. The number of nitrogens with zero attached hydrogens (tertiary/aromatic N) is 2. The van der Waals surface area contributed by atoms with Gasteiger partial charge in [-0.2, -0.15) is 0 Å². The van der Waals surface area contributed by atoms with Gasteiger partial charge in [0.2, 0.25) is 5.95 Å². The van der Waals surface area contributed by atoms with E-state index in [4.69, 9.17) is 0 Å². The lowest BCUT2D eigenvalue weighted by molar-refractivity contribution is 0.0594. The fourth-order valence-electron chi connectivity index (χ4n) is 1.76. The van der Waals surface area contributed by atoms with Crippen molar-refractivity contribution in [3.05, 3.63) is 47.3 Å². The molecule has 19 heavy (non-hydrogen) atoms. The van der Waals surface area contributed by atoms with Gasteiger partial charge in [-0.05, 0) is 31.0 Å². The molecule has 0 saturated carbocycles. The number of anilines is 2. The molecule has 0 unspecified atom stereocenters. The zero-order valence-electron chi connectivity index (χ0n) is 11.1. The second-order valence-corrected chi connectivity index (χ2v) is 4.15. The van der Waals surface area contributed by atoms with Crippen LogP contribution in [0.1, 0.15) is 21.6 Å². The molecule has 0 saturated heterocycles. The van der Waals surface area contributed by atoms with Crippen LogP contribution in [0, 0.1) is 13.8 Å². The van der Waals surface area contributed by atoms with Crippen LogP contribution in [0.15, 0.2) is 30.5 Å². The number of carbonyl (C=O) groups excluding carboxylic acids is 1. The van der Waals surface area contributed by atoms with E-state index in [1.165, 1.54) is 19.4 Å². The fourth-order valence-corrected chi connectivity index (χ4v) is 1.76. The van der Waals surface area contributed by atoms with Crippen LogP contribution in [0.4, 0.5) is 11.6 Å². The average Bonchev–Trinajstić information content (AvgIpc) is 2.42. The SMILES string of the molecule is COC(=O)c1ccnc(Nc2c(C)cccc2C)n1. The quantitative estimate of drug-likeness (QED) is 0.856. The minimum absolute atomic E-state index is 0.228. The lowest BCUT2D eigenvalue weighted by Crippen LogP contribution is -2.07. The van der Waals surface area contributed by atoms with E-state index in [0.29, 0.717) is 5.95 Å². The highest BCUT2D eigenvalue weighted by Crippen LogP contribution is 2.22. The van der Waals surface area contributed by atoms with Gasteiger partial charge in [0.05, 0.1) is 7.11 Å². The van der Waals surface area contributed by atoms with Crippen molar-refractivity contribution < 1.29 is 9.53 Å². The van der Waals surface area contributed by atoms with Gasteiger partial charge < -0.3 is 10.1 Å². The van der Waals surface area contributed by atoms with Crippen molar-refractivity contribution in [3.8, 4) is 0 Å². The van der Waals surface area contributed by atoms with Gasteiger partial charge in [0, 0.05) is 11.9 Å². The molecule has 0 radical (unpaired) electrons. The van der Waals surface area contributed by atoms with Crippen molar-refractivity contribution in [3.63, 3.8) is 0 Å². The van der Waals surface area contributed by atoms with E-state index in [0.717, 1.165) is 16.8 Å². The van der Waals surface area contributed by atoms with Crippen LogP contribution in [0.2, 0.25) is 0 Å². The van der Waals surface area contributed by atoms with Crippen molar-refractivity contribution in [1.82, 2.24) is 9.97 Å². The molecule has 2 rings (SSSR count). The highest BCUT2D eigenvalue weighted by Gasteiger charge is 2.09. The van der Waals surface area contributed by atoms with Gasteiger partial charge in [0.1, 0.15) is 0 Å². The van der Waals surface area contributed by atoms with Gasteiger partial charge in [0.15, 0.2) is 5.69 Å². The molecule has 2 aromatic rings. The van der Waals surface area contributed by atoms with E-state index >= 15 is 0 Å². The molecule has 0 spiro atoms. The second kappa shape index (κ2) is 5.48. The molecule has 0 aliphatic rings. The lowest BCUT2D eigenvalue weighted by Gasteiger charge is -2.11. The number of rotatable bonds is 3. The first kappa shape index (κ1) is 13.0. The first-order chi connectivity index (χ1) is 9.11. The Balaban J connectivity index is 2.31. The number of hydrogen-bond donors (Lipinski definition) is 1. The Bertz CT molecular complexity index is 591. The summed E-state index contributed by atoms with van der Waals surface area (Å²) in [4.78, 5) is 19.6. The molecule has 0 atom stereocenters. The van der Waals surface area contributed by atoms with Crippen LogP contribution in [0.25, 0.3) is 0 Å². The standard InChI is InChI=1S/C14H15N3O2/c1-9-5-4-6-10(2)12(9)17-14-15-8-7-11(16-14)13(18)19-3/h4-8H,1-3H3,(H,15,16,17). The first-order valence-electron chi connectivity index (χ1n) is 5.86. The predicted octanol–water partition coefficient (Wildman–Crippen LogP) is 2.62. The molecule has 1 aromatic carbocycles. The van der Waals surface area contributed by atoms with Crippen molar-refractivity contribution in [2.24, 2.45) is 0 Å². The number of hydrogen-bond acceptors (Lipinski definition) is 5. The summed E-state index contributed by atoms with van der Waals surface area (Å²) in [5.41, 5.74) is 3.36. The van der Waals surface area contributed by atoms with E-state index in [2.05, 4.69) is 20.0 Å². The molecule has 5 nitrogen and oxygen atoms in total. The molecule has 0 bridgehead atoms. The number of benzene rings is 1. The van der Waals surface area contributed by atoms with E-state index in [9.17, 15) is 4.79 Å². The molecule has 1 aromatic heterocycles. The summed E-state index contributed by atoms with van der Waals surface area (Å²) < 4.78 is 4.63. The second-order valence-electron chi connectivity index (χ2n) is 4.15. The number of para-hydroxylation sites is 1. The Labute approximate surface area is 111 Å². The maximum absolute atomic E-state index is 11.4. The normalized spacial score (nSPS) is 10.1. The van der Waals surface area contributed by atoms with Crippen molar-refractivity contribution >= 4 is 17.6 Å². The number of esters is 1. The third-order valence-electron chi connectivity index (χ3n) is 2.77. The molecule has 1 N–H and O–H groups in total. The summed E-state index contributed by atoms with van der Waals surface area (Å²) in [6, 6.07) is 7.50. The van der Waals surface area contributed by atoms with Gasteiger partial charge in [0.25, 0.3) is 0 Å². The predicted molar refractivity (Wildman–Crippen MR) is 72.6 cm³/mol. The topological polar surface area (TPSA) is 64.1 Å². The lowest BCUT2D eigenvalue weighted by atomic mass is 10.1. The van der Waals surface area contributed by atoms with Gasteiger partial charge >= 0.3 is 5.97 Å². The maximum Gasteiger partial charge on any atom is 0.356 e. The Kier molecular flexibility index (Phi) is 3.75. The number of ether oxygens (including phenoxy) is 1. The van der Waals surface area contributed by atoms with Crippen LogP contribution < -0.4 is 5.32 Å². The number of nitrogens with one attached hydrogen (secondary N) is 1. The van der Waals surface area contributed by atoms with E-state index < -0.39 is 5.97 Å². The molecular weight excluding hydrogens is 242 g/mol. The smallest absolute Gasteiger partial charge is 0.356 e. The number of methoxy groups -OCH3 is 1. The molecule has 98 valence electrons. The monoisotopic (exact) mass is 257 g/mol. The summed E-state index contributed by atoms with van der Waals surface area (Å²) >= 11 is 0. The number of carbonyl (C=O) groups is 1. The maximum atomic E-state index is 11.4. The Morgan fingerprint density at radius 2 is 1.89 bits per heavy atom. The van der Waals surface area contributed by atoms with Crippen LogP contribution in [0.5, 0.6) is 0 Å². The summed E-state index contributed by atoms with van der Waals surface area (Å²) in [5, 5.41) is 3.13. The Hall–Kier alpha value is -2.43. The van der Waals surface area contributed by atoms with Crippen LogP contribution in [-0.2, 0) is 4.74 Å². The van der Waals surface area contributed by atoms with Crippen molar-refractivity contribution in [2.45, 2.75) is 13.8 Å². The summed E-state index contributed by atoms with van der Waals surface area (Å²) in [6.45, 7) is 4.00. The highest BCUT2D eigenvalue weighted by molar-refractivity contribution is 5.87. The molecule has 1 heterocycles. The zero-order valence-corrected chi connectivity index (χ0v) is 11.1. The van der Waals surface area contributed by atoms with Gasteiger partial charge in [-0.1, -0.05) is 18.2 Å². The van der Waals surface area contributed by atoms with E-state index in [1.807, 2.05) is 32.0 Å². The van der Waals surface area contributed by atoms with Crippen LogP contribution in [-0.4, -0.2) is 23.0 Å². The van der Waals surface area contributed by atoms with Crippen molar-refractivity contribution in [1.29, 1.82) is 0 Å². The molecule has 0 aliphatic heterocycles. The Morgan fingerprint density at radius 1 is 1.21 bits per heavy atom. The minimum Gasteiger partial charge on any atom is -0.464 e. The summed E-state index contributed by atoms with van der Waals surface area (Å²) in [6.07, 6.45) is 1.52. The number of aromatic nitrogens is 2. The summed E-state index contributed by atoms with van der Waals surface area (Å²) in [7, 11) is 1.32. The minimum atomic E-state index is -0.480. The van der Waals surface area contributed by atoms with Gasteiger partial charge in [-0.15, -0.1) is 0 Å². The van der Waals surface area contributed by atoms with Gasteiger partial charge in [-0.25, -0.2) is 14.8 Å². The van der Waals surface area contributed by atoms with Gasteiger partial charge in [-0.3, -0.25) is 0 Å². The third-order valence-corrected chi connectivity index (χ3v) is 2.77. The Morgan fingerprint density at radius 3 is 2.53 bits per heavy atom. The summed E-state index contributed by atoms with van der Waals surface area (Å²) in [5.74, 6) is -0.104.